The molecule has 0 atom stereocenters. The maximum absolute atomic E-state index is 12.3. The standard InChI is InChI=1S/C15H15N3O2S2/c1-11-3-4-12(2)18(11)13-5-7-14(8-6-13)22(19,20)17-15-16-9-10-21-15/h3-10H,1-2H3,(H,16,17). The van der Waals surface area contributed by atoms with E-state index in [9.17, 15) is 8.42 Å². The van der Waals surface area contributed by atoms with Crippen LogP contribution in [0.2, 0.25) is 0 Å². The second-order valence-electron chi connectivity index (χ2n) is 4.89. The lowest BCUT2D eigenvalue weighted by Crippen LogP contribution is -2.12. The quantitative estimate of drug-likeness (QED) is 0.796. The van der Waals surface area contributed by atoms with Gasteiger partial charge >= 0.3 is 0 Å². The van der Waals surface area contributed by atoms with E-state index in [1.54, 1.807) is 35.8 Å². The summed E-state index contributed by atoms with van der Waals surface area (Å²) >= 11 is 1.24. The molecule has 7 heteroatoms. The molecule has 0 aliphatic rings. The Hall–Kier alpha value is -2.12. The van der Waals surface area contributed by atoms with Gasteiger partial charge in [-0.25, -0.2) is 13.4 Å². The highest BCUT2D eigenvalue weighted by Gasteiger charge is 2.15. The largest absolute Gasteiger partial charge is 0.319 e. The number of anilines is 1. The van der Waals surface area contributed by atoms with Gasteiger partial charge in [-0.3, -0.25) is 4.72 Å². The fraction of sp³-hybridized carbons (Fsp3) is 0.133. The van der Waals surface area contributed by atoms with Gasteiger partial charge < -0.3 is 4.57 Å². The van der Waals surface area contributed by atoms with E-state index in [4.69, 9.17) is 0 Å². The summed E-state index contributed by atoms with van der Waals surface area (Å²) in [5.74, 6) is 0. The van der Waals surface area contributed by atoms with Gasteiger partial charge in [0.25, 0.3) is 10.0 Å². The average Bonchev–Trinajstić information content (AvgIpc) is 3.09. The van der Waals surface area contributed by atoms with Gasteiger partial charge in [0.15, 0.2) is 5.13 Å². The summed E-state index contributed by atoms with van der Waals surface area (Å²) in [6.45, 7) is 4.03. The van der Waals surface area contributed by atoms with E-state index in [1.807, 2.05) is 26.0 Å². The number of aromatic nitrogens is 2. The molecule has 0 bridgehead atoms. The number of hydrogen-bond acceptors (Lipinski definition) is 4. The van der Waals surface area contributed by atoms with Crippen LogP contribution in [0.25, 0.3) is 5.69 Å². The Morgan fingerprint density at radius 1 is 1.05 bits per heavy atom. The van der Waals surface area contributed by atoms with Gasteiger partial charge in [-0.2, -0.15) is 0 Å². The Labute approximate surface area is 133 Å². The van der Waals surface area contributed by atoms with E-state index < -0.39 is 10.0 Å². The van der Waals surface area contributed by atoms with Gasteiger partial charge in [-0.05, 0) is 50.2 Å². The first-order valence-electron chi connectivity index (χ1n) is 6.65. The smallest absolute Gasteiger partial charge is 0.263 e. The third-order valence-electron chi connectivity index (χ3n) is 3.33. The zero-order chi connectivity index (χ0) is 15.7. The molecular formula is C15H15N3O2S2. The third kappa shape index (κ3) is 2.77. The lowest BCUT2D eigenvalue weighted by Gasteiger charge is -2.11. The van der Waals surface area contributed by atoms with Crippen LogP contribution in [0.5, 0.6) is 0 Å². The first kappa shape index (κ1) is 14.8. The van der Waals surface area contributed by atoms with Crippen molar-refractivity contribution in [1.82, 2.24) is 9.55 Å². The van der Waals surface area contributed by atoms with Crippen LogP contribution in [0.3, 0.4) is 0 Å². The molecule has 0 aliphatic carbocycles. The van der Waals surface area contributed by atoms with E-state index >= 15 is 0 Å². The Kier molecular flexibility index (Phi) is 3.76. The normalized spacial score (nSPS) is 11.5. The molecule has 0 radical (unpaired) electrons. The van der Waals surface area contributed by atoms with Crippen molar-refractivity contribution in [3.63, 3.8) is 0 Å². The molecular weight excluding hydrogens is 318 g/mol. The molecule has 114 valence electrons. The molecule has 1 aromatic carbocycles. The number of thiazole rings is 1. The van der Waals surface area contributed by atoms with E-state index in [-0.39, 0.29) is 4.90 Å². The molecule has 22 heavy (non-hydrogen) atoms. The summed E-state index contributed by atoms with van der Waals surface area (Å²) in [6.07, 6.45) is 1.56. The monoisotopic (exact) mass is 333 g/mol. The highest BCUT2D eigenvalue weighted by atomic mass is 32.2. The molecule has 0 saturated carbocycles. The zero-order valence-corrected chi connectivity index (χ0v) is 13.8. The second kappa shape index (κ2) is 5.58. The number of hydrogen-bond donors (Lipinski definition) is 1. The summed E-state index contributed by atoms with van der Waals surface area (Å²) in [5.41, 5.74) is 3.15. The first-order valence-corrected chi connectivity index (χ1v) is 9.01. The predicted octanol–water partition coefficient (Wildman–Crippen LogP) is 3.35. The van der Waals surface area contributed by atoms with Crippen molar-refractivity contribution in [3.05, 3.63) is 59.4 Å². The molecule has 0 unspecified atom stereocenters. The van der Waals surface area contributed by atoms with Crippen LogP contribution in [-0.4, -0.2) is 18.0 Å². The van der Waals surface area contributed by atoms with Crippen molar-refractivity contribution in [2.24, 2.45) is 0 Å². The highest BCUT2D eigenvalue weighted by molar-refractivity contribution is 7.93. The molecule has 2 heterocycles. The molecule has 3 aromatic rings. The minimum atomic E-state index is -3.60. The highest BCUT2D eigenvalue weighted by Crippen LogP contribution is 2.21. The molecule has 1 N–H and O–H groups in total. The SMILES string of the molecule is Cc1ccc(C)n1-c1ccc(S(=O)(=O)Nc2nccs2)cc1. The van der Waals surface area contributed by atoms with Crippen molar-refractivity contribution in [3.8, 4) is 5.69 Å². The van der Waals surface area contributed by atoms with Crippen LogP contribution < -0.4 is 4.72 Å². The molecule has 3 rings (SSSR count). The number of aryl methyl sites for hydroxylation is 2. The fourth-order valence-corrected chi connectivity index (χ4v) is 4.09. The minimum Gasteiger partial charge on any atom is -0.319 e. The van der Waals surface area contributed by atoms with Crippen LogP contribution in [0.15, 0.2) is 52.9 Å². The second-order valence-corrected chi connectivity index (χ2v) is 7.47. The number of rotatable bonds is 4. The van der Waals surface area contributed by atoms with Crippen molar-refractivity contribution in [1.29, 1.82) is 0 Å². The van der Waals surface area contributed by atoms with Crippen LogP contribution in [0, 0.1) is 13.8 Å². The third-order valence-corrected chi connectivity index (χ3v) is 5.50. The Morgan fingerprint density at radius 2 is 1.68 bits per heavy atom. The van der Waals surface area contributed by atoms with Crippen LogP contribution in [0.4, 0.5) is 5.13 Å². The van der Waals surface area contributed by atoms with Gasteiger partial charge in [-0.15, -0.1) is 11.3 Å². The topological polar surface area (TPSA) is 64.0 Å². The molecule has 5 nitrogen and oxygen atoms in total. The van der Waals surface area contributed by atoms with Crippen LogP contribution >= 0.6 is 11.3 Å². The van der Waals surface area contributed by atoms with E-state index in [2.05, 4.69) is 14.3 Å². The van der Waals surface area contributed by atoms with Gasteiger partial charge in [0.1, 0.15) is 0 Å². The van der Waals surface area contributed by atoms with Crippen molar-refractivity contribution >= 4 is 26.5 Å². The summed E-state index contributed by atoms with van der Waals surface area (Å²) in [5, 5.41) is 2.08. The van der Waals surface area contributed by atoms with E-state index in [1.165, 1.54) is 11.3 Å². The fourth-order valence-electron chi connectivity index (χ4n) is 2.30. The summed E-state index contributed by atoms with van der Waals surface area (Å²) in [4.78, 5) is 4.15. The average molecular weight is 333 g/mol. The molecule has 2 aromatic heterocycles. The van der Waals surface area contributed by atoms with Gasteiger partial charge in [0, 0.05) is 28.7 Å². The number of nitrogens with one attached hydrogen (secondary N) is 1. The predicted molar refractivity (Wildman–Crippen MR) is 88.2 cm³/mol. The zero-order valence-electron chi connectivity index (χ0n) is 12.1. The van der Waals surface area contributed by atoms with Gasteiger partial charge in [0.2, 0.25) is 0 Å². The molecule has 0 spiro atoms. The Balaban J connectivity index is 1.91. The molecule has 0 saturated heterocycles. The lowest BCUT2D eigenvalue weighted by atomic mass is 10.3. The molecule has 0 aliphatic heterocycles. The molecule has 0 fully saturated rings. The maximum atomic E-state index is 12.3. The maximum Gasteiger partial charge on any atom is 0.263 e. The Bertz CT molecular complexity index is 860. The van der Waals surface area contributed by atoms with Crippen molar-refractivity contribution in [2.75, 3.05) is 4.72 Å². The van der Waals surface area contributed by atoms with Gasteiger partial charge in [-0.1, -0.05) is 0 Å². The number of benzene rings is 1. The summed E-state index contributed by atoms with van der Waals surface area (Å²) < 4.78 is 29.1. The summed E-state index contributed by atoms with van der Waals surface area (Å²) in [7, 11) is -3.60. The minimum absolute atomic E-state index is 0.217. The molecule has 0 amide bonds. The van der Waals surface area contributed by atoms with E-state index in [0.717, 1.165) is 17.1 Å². The van der Waals surface area contributed by atoms with Crippen molar-refractivity contribution < 1.29 is 8.42 Å². The van der Waals surface area contributed by atoms with Crippen LogP contribution in [0.1, 0.15) is 11.4 Å². The summed E-state index contributed by atoms with van der Waals surface area (Å²) in [6, 6.07) is 10.9. The first-order chi connectivity index (χ1) is 10.5. The lowest BCUT2D eigenvalue weighted by molar-refractivity contribution is 0.601. The number of nitrogens with zero attached hydrogens (tertiary/aromatic N) is 2. The Morgan fingerprint density at radius 3 is 2.23 bits per heavy atom. The van der Waals surface area contributed by atoms with Crippen molar-refractivity contribution in [2.45, 2.75) is 18.7 Å². The number of sulfonamides is 1. The van der Waals surface area contributed by atoms with Gasteiger partial charge in [0.05, 0.1) is 4.90 Å². The van der Waals surface area contributed by atoms with E-state index in [0.29, 0.717) is 5.13 Å². The van der Waals surface area contributed by atoms with Crippen LogP contribution in [-0.2, 0) is 10.0 Å².